The minimum absolute atomic E-state index is 0.175. The van der Waals surface area contributed by atoms with Crippen molar-refractivity contribution in [2.24, 2.45) is 0 Å². The van der Waals surface area contributed by atoms with Crippen molar-refractivity contribution in [1.29, 1.82) is 0 Å². The van der Waals surface area contributed by atoms with E-state index in [4.69, 9.17) is 5.11 Å². The molecule has 0 saturated heterocycles. The standard InChI is InChI=1S/C13H15N3O2/c1-13(2,3)11-9(5-6-10(17)18)12-14-7-4-8-16(12)15-11/h4-8H,1-3H3,(H,17,18)/b6-5+. The van der Waals surface area contributed by atoms with E-state index in [1.807, 2.05) is 20.8 Å². The Bertz CT molecular complexity index is 621. The summed E-state index contributed by atoms with van der Waals surface area (Å²) in [6, 6.07) is 1.79. The lowest BCUT2D eigenvalue weighted by Crippen LogP contribution is -2.13. The average molecular weight is 245 g/mol. The first-order valence-electron chi connectivity index (χ1n) is 5.64. The molecule has 0 amide bonds. The number of carbonyl (C=O) groups is 1. The molecule has 18 heavy (non-hydrogen) atoms. The topological polar surface area (TPSA) is 67.5 Å². The van der Waals surface area contributed by atoms with E-state index in [0.29, 0.717) is 5.65 Å². The third-order valence-electron chi connectivity index (χ3n) is 2.53. The number of rotatable bonds is 2. The zero-order valence-electron chi connectivity index (χ0n) is 10.6. The molecule has 2 heterocycles. The molecule has 0 saturated carbocycles. The Hall–Kier alpha value is -2.17. The molecule has 1 N–H and O–H groups in total. The van der Waals surface area contributed by atoms with Crippen molar-refractivity contribution in [3.63, 3.8) is 0 Å². The highest BCUT2D eigenvalue weighted by Gasteiger charge is 2.23. The van der Waals surface area contributed by atoms with Crippen molar-refractivity contribution in [3.05, 3.63) is 35.8 Å². The molecule has 0 atom stereocenters. The molecule has 0 radical (unpaired) electrons. The van der Waals surface area contributed by atoms with E-state index in [-0.39, 0.29) is 5.41 Å². The van der Waals surface area contributed by atoms with Crippen LogP contribution in [0.25, 0.3) is 11.7 Å². The third-order valence-corrected chi connectivity index (χ3v) is 2.53. The molecule has 2 aromatic heterocycles. The number of carboxylic acid groups (broad SMARTS) is 1. The number of hydrogen-bond acceptors (Lipinski definition) is 3. The normalized spacial score (nSPS) is 12.4. The molecule has 2 rings (SSSR count). The Morgan fingerprint density at radius 2 is 2.17 bits per heavy atom. The van der Waals surface area contributed by atoms with Crippen LogP contribution in [0.1, 0.15) is 32.0 Å². The number of nitrogens with zero attached hydrogens (tertiary/aromatic N) is 3. The van der Waals surface area contributed by atoms with Gasteiger partial charge in [-0.05, 0) is 12.1 Å². The van der Waals surface area contributed by atoms with Gasteiger partial charge in [-0.25, -0.2) is 14.3 Å². The molecular weight excluding hydrogens is 230 g/mol. The van der Waals surface area contributed by atoms with Crippen LogP contribution in [0.15, 0.2) is 24.5 Å². The van der Waals surface area contributed by atoms with Gasteiger partial charge in [0.2, 0.25) is 0 Å². The lowest BCUT2D eigenvalue weighted by atomic mass is 9.89. The summed E-state index contributed by atoms with van der Waals surface area (Å²) in [4.78, 5) is 14.9. The molecular formula is C13H15N3O2. The summed E-state index contributed by atoms with van der Waals surface area (Å²) in [5.41, 5.74) is 2.08. The first-order valence-corrected chi connectivity index (χ1v) is 5.64. The van der Waals surface area contributed by atoms with Crippen molar-refractivity contribution >= 4 is 17.7 Å². The van der Waals surface area contributed by atoms with Crippen LogP contribution >= 0.6 is 0 Å². The van der Waals surface area contributed by atoms with E-state index in [2.05, 4.69) is 10.1 Å². The zero-order chi connectivity index (χ0) is 13.3. The fourth-order valence-electron chi connectivity index (χ4n) is 1.77. The highest BCUT2D eigenvalue weighted by molar-refractivity contribution is 5.87. The number of aromatic nitrogens is 3. The molecule has 0 spiro atoms. The second kappa shape index (κ2) is 4.25. The summed E-state index contributed by atoms with van der Waals surface area (Å²) in [6.07, 6.45) is 6.14. The zero-order valence-corrected chi connectivity index (χ0v) is 10.6. The SMILES string of the molecule is CC(C)(C)c1nn2cccnc2c1/C=C/C(=O)O. The summed E-state index contributed by atoms with van der Waals surface area (Å²) in [5, 5.41) is 13.2. The van der Waals surface area contributed by atoms with Crippen LogP contribution in [0.3, 0.4) is 0 Å². The van der Waals surface area contributed by atoms with Gasteiger partial charge in [-0.3, -0.25) is 0 Å². The Balaban J connectivity index is 2.69. The molecule has 0 bridgehead atoms. The van der Waals surface area contributed by atoms with Gasteiger partial charge in [0, 0.05) is 29.4 Å². The maximum absolute atomic E-state index is 10.7. The van der Waals surface area contributed by atoms with Crippen molar-refractivity contribution < 1.29 is 9.90 Å². The molecule has 0 aliphatic rings. The number of fused-ring (bicyclic) bond motifs is 1. The van der Waals surface area contributed by atoms with Crippen molar-refractivity contribution in [3.8, 4) is 0 Å². The van der Waals surface area contributed by atoms with E-state index >= 15 is 0 Å². The predicted molar refractivity (Wildman–Crippen MR) is 68.4 cm³/mol. The van der Waals surface area contributed by atoms with E-state index in [1.165, 1.54) is 0 Å². The van der Waals surface area contributed by atoms with Crippen LogP contribution in [-0.4, -0.2) is 25.7 Å². The van der Waals surface area contributed by atoms with E-state index in [1.54, 1.807) is 29.1 Å². The van der Waals surface area contributed by atoms with Gasteiger partial charge in [-0.2, -0.15) is 5.10 Å². The van der Waals surface area contributed by atoms with Gasteiger partial charge in [-0.1, -0.05) is 20.8 Å². The molecule has 0 aliphatic carbocycles. The van der Waals surface area contributed by atoms with E-state index in [0.717, 1.165) is 17.3 Å². The monoisotopic (exact) mass is 245 g/mol. The molecule has 0 fully saturated rings. The Kier molecular flexibility index (Phi) is 2.90. The van der Waals surface area contributed by atoms with Gasteiger partial charge in [0.05, 0.1) is 5.69 Å². The lowest BCUT2D eigenvalue weighted by molar-refractivity contribution is -0.131. The first kappa shape index (κ1) is 12.3. The van der Waals surface area contributed by atoms with Crippen LogP contribution in [0.2, 0.25) is 0 Å². The van der Waals surface area contributed by atoms with E-state index < -0.39 is 5.97 Å². The summed E-state index contributed by atoms with van der Waals surface area (Å²) in [7, 11) is 0. The highest BCUT2D eigenvalue weighted by atomic mass is 16.4. The van der Waals surface area contributed by atoms with Gasteiger partial charge < -0.3 is 5.11 Å². The third kappa shape index (κ3) is 2.25. The van der Waals surface area contributed by atoms with Gasteiger partial charge in [0.25, 0.3) is 0 Å². The first-order chi connectivity index (χ1) is 8.39. The van der Waals surface area contributed by atoms with Crippen molar-refractivity contribution in [2.45, 2.75) is 26.2 Å². The number of hydrogen-bond donors (Lipinski definition) is 1. The van der Waals surface area contributed by atoms with Gasteiger partial charge >= 0.3 is 5.97 Å². The van der Waals surface area contributed by atoms with Gasteiger partial charge in [0.1, 0.15) is 0 Å². The highest BCUT2D eigenvalue weighted by Crippen LogP contribution is 2.27. The molecule has 0 aliphatic heterocycles. The minimum atomic E-state index is -0.981. The van der Waals surface area contributed by atoms with Crippen LogP contribution in [0.4, 0.5) is 0 Å². The average Bonchev–Trinajstić information content (AvgIpc) is 2.64. The number of aliphatic carboxylic acids is 1. The van der Waals surface area contributed by atoms with Gasteiger partial charge in [-0.15, -0.1) is 0 Å². The maximum atomic E-state index is 10.7. The quantitative estimate of drug-likeness (QED) is 0.823. The van der Waals surface area contributed by atoms with E-state index in [9.17, 15) is 4.79 Å². The smallest absolute Gasteiger partial charge is 0.328 e. The van der Waals surface area contributed by atoms with Gasteiger partial charge in [0.15, 0.2) is 5.65 Å². The summed E-state index contributed by atoms with van der Waals surface area (Å²) in [5.74, 6) is -0.981. The minimum Gasteiger partial charge on any atom is -0.478 e. The number of carboxylic acids is 1. The lowest BCUT2D eigenvalue weighted by Gasteiger charge is -2.15. The van der Waals surface area contributed by atoms with Crippen LogP contribution in [-0.2, 0) is 10.2 Å². The Labute approximate surface area is 105 Å². The second-order valence-corrected chi connectivity index (χ2v) is 5.07. The second-order valence-electron chi connectivity index (χ2n) is 5.07. The van der Waals surface area contributed by atoms with Crippen LogP contribution in [0, 0.1) is 0 Å². The molecule has 5 heteroatoms. The molecule has 2 aromatic rings. The molecule has 5 nitrogen and oxygen atoms in total. The Morgan fingerprint density at radius 1 is 1.44 bits per heavy atom. The molecule has 0 unspecified atom stereocenters. The fraction of sp³-hybridized carbons (Fsp3) is 0.308. The Morgan fingerprint density at radius 3 is 2.78 bits per heavy atom. The summed E-state index contributed by atoms with van der Waals surface area (Å²) in [6.45, 7) is 6.10. The maximum Gasteiger partial charge on any atom is 0.328 e. The largest absolute Gasteiger partial charge is 0.478 e. The summed E-state index contributed by atoms with van der Waals surface area (Å²) < 4.78 is 1.67. The van der Waals surface area contributed by atoms with Crippen molar-refractivity contribution in [2.75, 3.05) is 0 Å². The summed E-state index contributed by atoms with van der Waals surface area (Å²) >= 11 is 0. The predicted octanol–water partition coefficient (Wildman–Crippen LogP) is 2.12. The molecule has 94 valence electrons. The van der Waals surface area contributed by atoms with Crippen molar-refractivity contribution in [1.82, 2.24) is 14.6 Å². The van der Waals surface area contributed by atoms with Crippen LogP contribution < -0.4 is 0 Å². The van der Waals surface area contributed by atoms with Crippen LogP contribution in [0.5, 0.6) is 0 Å². The molecule has 0 aromatic carbocycles. The fourth-order valence-corrected chi connectivity index (χ4v) is 1.77.